The number of benzene rings is 1. The number of aliphatic carboxylic acids is 1. The van der Waals surface area contributed by atoms with Crippen molar-refractivity contribution in [2.45, 2.75) is 46.2 Å². The smallest absolute Gasteiger partial charge is 0.320 e. The lowest BCUT2D eigenvalue weighted by Gasteiger charge is -2.18. The van der Waals surface area contributed by atoms with Crippen molar-refractivity contribution < 1.29 is 14.6 Å². The Morgan fingerprint density at radius 2 is 2.05 bits per heavy atom. The number of nitrogens with one attached hydrogen (secondary N) is 1. The second kappa shape index (κ2) is 8.59. The first-order valence-corrected chi connectivity index (χ1v) is 7.21. The van der Waals surface area contributed by atoms with Crippen LogP contribution in [-0.4, -0.2) is 23.7 Å². The van der Waals surface area contributed by atoms with Crippen molar-refractivity contribution in [1.29, 1.82) is 0 Å². The molecule has 4 nitrogen and oxygen atoms in total. The van der Waals surface area contributed by atoms with Crippen LogP contribution < -0.4 is 10.1 Å². The summed E-state index contributed by atoms with van der Waals surface area (Å²) in [6.45, 7) is 7.28. The fraction of sp³-hybridized carbons (Fsp3) is 0.562. The van der Waals surface area contributed by atoms with E-state index in [-0.39, 0.29) is 0 Å². The molecule has 0 aliphatic heterocycles. The summed E-state index contributed by atoms with van der Waals surface area (Å²) in [6, 6.07) is 7.23. The first kappa shape index (κ1) is 16.5. The van der Waals surface area contributed by atoms with Gasteiger partial charge in [0.2, 0.25) is 0 Å². The van der Waals surface area contributed by atoms with Crippen molar-refractivity contribution in [2.24, 2.45) is 5.92 Å². The van der Waals surface area contributed by atoms with E-state index in [9.17, 15) is 9.90 Å². The Bertz CT molecular complexity index is 418. The second-order valence-electron chi connectivity index (χ2n) is 5.36. The molecule has 0 bridgehead atoms. The number of para-hydroxylation sites is 1. The highest BCUT2D eigenvalue weighted by Crippen LogP contribution is 2.18. The maximum absolute atomic E-state index is 11.2. The zero-order chi connectivity index (χ0) is 15.0. The summed E-state index contributed by atoms with van der Waals surface area (Å²) < 4.78 is 5.67. The Kier molecular flexibility index (Phi) is 7.09. The highest BCUT2D eigenvalue weighted by molar-refractivity contribution is 5.73. The third-order valence-corrected chi connectivity index (χ3v) is 2.98. The molecule has 0 saturated carbocycles. The van der Waals surface area contributed by atoms with Crippen LogP contribution in [0.1, 0.15) is 39.2 Å². The molecule has 0 aliphatic carbocycles. The molecule has 0 saturated heterocycles. The molecule has 112 valence electrons. The lowest BCUT2D eigenvalue weighted by atomic mass is 10.0. The van der Waals surface area contributed by atoms with Gasteiger partial charge in [-0.25, -0.2) is 0 Å². The molecule has 0 unspecified atom stereocenters. The molecule has 0 aromatic heterocycles. The van der Waals surface area contributed by atoms with E-state index in [1.54, 1.807) is 0 Å². The highest BCUT2D eigenvalue weighted by Gasteiger charge is 2.18. The molecule has 1 atom stereocenters. The number of rotatable bonds is 9. The van der Waals surface area contributed by atoms with E-state index in [2.05, 4.69) is 12.2 Å². The highest BCUT2D eigenvalue weighted by atomic mass is 16.5. The second-order valence-corrected chi connectivity index (χ2v) is 5.36. The van der Waals surface area contributed by atoms with Gasteiger partial charge in [-0.05, 0) is 24.8 Å². The predicted molar refractivity (Wildman–Crippen MR) is 79.9 cm³/mol. The maximum atomic E-state index is 11.2. The van der Waals surface area contributed by atoms with Crippen LogP contribution in [0.3, 0.4) is 0 Å². The van der Waals surface area contributed by atoms with Crippen LogP contribution in [-0.2, 0) is 11.3 Å². The minimum absolute atomic E-state index is 0.343. The molecule has 1 rings (SSSR count). The van der Waals surface area contributed by atoms with Gasteiger partial charge in [-0.3, -0.25) is 4.79 Å². The lowest BCUT2D eigenvalue weighted by molar-refractivity contribution is -0.140. The van der Waals surface area contributed by atoms with Crippen molar-refractivity contribution in [3.8, 4) is 5.75 Å². The Morgan fingerprint density at radius 1 is 1.35 bits per heavy atom. The number of carboxylic acid groups (broad SMARTS) is 1. The lowest BCUT2D eigenvalue weighted by Crippen LogP contribution is -2.37. The van der Waals surface area contributed by atoms with E-state index >= 15 is 0 Å². The first-order valence-electron chi connectivity index (χ1n) is 7.21. The normalized spacial score (nSPS) is 12.4. The zero-order valence-corrected chi connectivity index (χ0v) is 12.6. The largest absolute Gasteiger partial charge is 0.493 e. The van der Waals surface area contributed by atoms with Crippen molar-refractivity contribution >= 4 is 5.97 Å². The van der Waals surface area contributed by atoms with E-state index in [1.165, 1.54) is 0 Å². The molecule has 0 spiro atoms. The number of hydrogen-bond acceptors (Lipinski definition) is 3. The molecular weight excluding hydrogens is 254 g/mol. The van der Waals surface area contributed by atoms with Gasteiger partial charge in [0, 0.05) is 12.1 Å². The van der Waals surface area contributed by atoms with Crippen LogP contribution in [0.25, 0.3) is 0 Å². The van der Waals surface area contributed by atoms with E-state index in [0.717, 1.165) is 17.7 Å². The SMILES string of the molecule is CCCOc1ccccc1CN[C@H](CC(C)C)C(=O)O. The summed E-state index contributed by atoms with van der Waals surface area (Å²) in [4.78, 5) is 11.2. The van der Waals surface area contributed by atoms with Gasteiger partial charge in [0.15, 0.2) is 0 Å². The number of carbonyl (C=O) groups is 1. The topological polar surface area (TPSA) is 58.6 Å². The summed E-state index contributed by atoms with van der Waals surface area (Å²) in [7, 11) is 0. The van der Waals surface area contributed by atoms with Gasteiger partial charge in [-0.15, -0.1) is 0 Å². The van der Waals surface area contributed by atoms with Crippen LogP contribution in [0, 0.1) is 5.92 Å². The van der Waals surface area contributed by atoms with Crippen LogP contribution in [0.15, 0.2) is 24.3 Å². The fourth-order valence-electron chi connectivity index (χ4n) is 1.98. The van der Waals surface area contributed by atoms with Crippen LogP contribution in [0.5, 0.6) is 5.75 Å². The van der Waals surface area contributed by atoms with Gasteiger partial charge in [0.25, 0.3) is 0 Å². The average Bonchev–Trinajstić information content (AvgIpc) is 2.41. The minimum atomic E-state index is -0.800. The van der Waals surface area contributed by atoms with Gasteiger partial charge >= 0.3 is 5.97 Å². The summed E-state index contributed by atoms with van der Waals surface area (Å²) in [6.07, 6.45) is 1.57. The standard InChI is InChI=1S/C16H25NO3/c1-4-9-20-15-8-6-5-7-13(15)11-17-14(16(18)19)10-12(2)3/h5-8,12,14,17H,4,9-11H2,1-3H3,(H,18,19)/t14-/m1/s1. The Labute approximate surface area is 121 Å². The Morgan fingerprint density at radius 3 is 2.65 bits per heavy atom. The van der Waals surface area contributed by atoms with Crippen molar-refractivity contribution in [3.63, 3.8) is 0 Å². The molecule has 0 fully saturated rings. The van der Waals surface area contributed by atoms with E-state index in [0.29, 0.717) is 25.5 Å². The average molecular weight is 279 g/mol. The fourth-order valence-corrected chi connectivity index (χ4v) is 1.98. The van der Waals surface area contributed by atoms with Crippen molar-refractivity contribution in [1.82, 2.24) is 5.32 Å². The van der Waals surface area contributed by atoms with Gasteiger partial charge in [0.1, 0.15) is 11.8 Å². The summed E-state index contributed by atoms with van der Waals surface area (Å²) in [5.41, 5.74) is 0.996. The summed E-state index contributed by atoms with van der Waals surface area (Å²) in [5, 5.41) is 12.3. The quantitative estimate of drug-likeness (QED) is 0.729. The Balaban J connectivity index is 2.65. The third-order valence-electron chi connectivity index (χ3n) is 2.98. The van der Waals surface area contributed by atoms with Gasteiger partial charge in [-0.1, -0.05) is 39.0 Å². The van der Waals surface area contributed by atoms with Crippen LogP contribution in [0.2, 0.25) is 0 Å². The van der Waals surface area contributed by atoms with Crippen LogP contribution in [0.4, 0.5) is 0 Å². The maximum Gasteiger partial charge on any atom is 0.320 e. The third kappa shape index (κ3) is 5.61. The molecule has 1 aromatic carbocycles. The predicted octanol–water partition coefficient (Wildman–Crippen LogP) is 3.06. The number of carboxylic acids is 1. The van der Waals surface area contributed by atoms with E-state index in [4.69, 9.17) is 4.74 Å². The van der Waals surface area contributed by atoms with Crippen LogP contribution >= 0.6 is 0 Å². The monoisotopic (exact) mass is 279 g/mol. The number of ether oxygens (including phenoxy) is 1. The molecule has 0 amide bonds. The van der Waals surface area contributed by atoms with Gasteiger partial charge < -0.3 is 15.2 Å². The molecule has 0 radical (unpaired) electrons. The number of hydrogen-bond donors (Lipinski definition) is 2. The molecular formula is C16H25NO3. The van der Waals surface area contributed by atoms with Crippen molar-refractivity contribution in [2.75, 3.05) is 6.61 Å². The molecule has 4 heteroatoms. The molecule has 1 aromatic rings. The van der Waals surface area contributed by atoms with E-state index < -0.39 is 12.0 Å². The zero-order valence-electron chi connectivity index (χ0n) is 12.6. The first-order chi connectivity index (χ1) is 9.54. The summed E-state index contributed by atoms with van der Waals surface area (Å²) >= 11 is 0. The molecule has 20 heavy (non-hydrogen) atoms. The van der Waals surface area contributed by atoms with Gasteiger partial charge in [-0.2, -0.15) is 0 Å². The Hall–Kier alpha value is -1.55. The molecule has 2 N–H and O–H groups in total. The minimum Gasteiger partial charge on any atom is -0.493 e. The molecule has 0 aliphatic rings. The van der Waals surface area contributed by atoms with Gasteiger partial charge in [0.05, 0.1) is 6.61 Å². The van der Waals surface area contributed by atoms with E-state index in [1.807, 2.05) is 38.1 Å². The molecule has 0 heterocycles. The summed E-state index contributed by atoms with van der Waals surface area (Å²) in [5.74, 6) is 0.372. The van der Waals surface area contributed by atoms with Crippen molar-refractivity contribution in [3.05, 3.63) is 29.8 Å².